The molecule has 0 unspecified atom stereocenters. The highest BCUT2D eigenvalue weighted by Gasteiger charge is 2.09. The van der Waals surface area contributed by atoms with E-state index >= 15 is 0 Å². The van der Waals surface area contributed by atoms with Gasteiger partial charge in [0.15, 0.2) is 5.96 Å². The van der Waals surface area contributed by atoms with Gasteiger partial charge in [0.05, 0.1) is 12.9 Å². The summed E-state index contributed by atoms with van der Waals surface area (Å²) in [5.74, 6) is 0.757. The third-order valence-electron chi connectivity index (χ3n) is 4.31. The number of benzene rings is 2. The Bertz CT molecular complexity index is 951. The summed E-state index contributed by atoms with van der Waals surface area (Å²) in [6.07, 6.45) is 5.47. The lowest BCUT2D eigenvalue weighted by molar-refractivity contribution is -0.0504. The molecule has 0 radical (unpaired) electrons. The topological polar surface area (TPSA) is 63.5 Å². The molecule has 3 rings (SSSR count). The maximum Gasteiger partial charge on any atom is 0.387 e. The van der Waals surface area contributed by atoms with E-state index in [4.69, 9.17) is 0 Å². The minimum absolute atomic E-state index is 0. The fraction of sp³-hybridized carbons (Fsp3) is 0.273. The van der Waals surface area contributed by atoms with Gasteiger partial charge in [-0.15, -0.1) is 24.0 Å². The molecular weight excluding hydrogens is 515 g/mol. The van der Waals surface area contributed by atoms with Gasteiger partial charge in [0, 0.05) is 37.6 Å². The molecule has 166 valence electrons. The number of alkyl halides is 2. The van der Waals surface area contributed by atoms with E-state index in [2.05, 4.69) is 37.5 Å². The van der Waals surface area contributed by atoms with Crippen LogP contribution in [0.1, 0.15) is 23.6 Å². The summed E-state index contributed by atoms with van der Waals surface area (Å²) >= 11 is 0. The van der Waals surface area contributed by atoms with E-state index in [0.717, 1.165) is 17.7 Å². The van der Waals surface area contributed by atoms with E-state index < -0.39 is 6.61 Å². The minimum Gasteiger partial charge on any atom is -0.434 e. The molecule has 0 atom stereocenters. The standard InChI is InChI=1S/C22H25F2N5O.HI/c1-2-26-22(28-14-19-8-3-4-9-20(19)30-21(23)24)27-13-17-6-5-7-18(12-17)15-29-11-10-25-16-29;/h3-12,16,21H,2,13-15H2,1H3,(H2,26,27,28);1H. The van der Waals surface area contributed by atoms with Gasteiger partial charge in [-0.1, -0.05) is 42.5 Å². The summed E-state index contributed by atoms with van der Waals surface area (Å²) < 4.78 is 31.8. The van der Waals surface area contributed by atoms with Gasteiger partial charge in [0.25, 0.3) is 0 Å². The Balaban J connectivity index is 0.00000341. The number of imidazole rings is 1. The molecule has 0 aliphatic carbocycles. The first-order chi connectivity index (χ1) is 14.6. The van der Waals surface area contributed by atoms with E-state index in [1.807, 2.05) is 29.8 Å². The summed E-state index contributed by atoms with van der Waals surface area (Å²) in [5.41, 5.74) is 2.87. The number of guanidine groups is 1. The van der Waals surface area contributed by atoms with Crippen molar-refractivity contribution >= 4 is 29.9 Å². The number of rotatable bonds is 9. The summed E-state index contributed by atoms with van der Waals surface area (Å²) in [7, 11) is 0. The molecule has 0 saturated heterocycles. The number of ether oxygens (including phenoxy) is 1. The number of para-hydroxylation sites is 1. The van der Waals surface area contributed by atoms with Crippen molar-refractivity contribution < 1.29 is 13.5 Å². The van der Waals surface area contributed by atoms with Gasteiger partial charge < -0.3 is 19.9 Å². The van der Waals surface area contributed by atoms with Crippen LogP contribution >= 0.6 is 24.0 Å². The molecule has 31 heavy (non-hydrogen) atoms. The smallest absolute Gasteiger partial charge is 0.387 e. The number of nitrogens with zero attached hydrogens (tertiary/aromatic N) is 3. The Morgan fingerprint density at radius 3 is 2.68 bits per heavy atom. The molecule has 2 aromatic carbocycles. The van der Waals surface area contributed by atoms with Crippen LogP contribution in [0.15, 0.2) is 72.2 Å². The van der Waals surface area contributed by atoms with Crippen LogP contribution in [0.5, 0.6) is 5.75 Å². The Morgan fingerprint density at radius 2 is 1.94 bits per heavy atom. The predicted octanol–water partition coefficient (Wildman–Crippen LogP) is 4.41. The lowest BCUT2D eigenvalue weighted by atomic mass is 10.1. The van der Waals surface area contributed by atoms with E-state index in [9.17, 15) is 8.78 Å². The summed E-state index contributed by atoms with van der Waals surface area (Å²) in [5, 5.41) is 6.35. The molecule has 1 aromatic heterocycles. The number of nitrogens with one attached hydrogen (secondary N) is 2. The monoisotopic (exact) mass is 541 g/mol. The van der Waals surface area contributed by atoms with E-state index in [1.54, 1.807) is 30.7 Å². The number of hydrogen-bond donors (Lipinski definition) is 2. The van der Waals surface area contributed by atoms with Crippen molar-refractivity contribution in [2.75, 3.05) is 6.54 Å². The number of aromatic nitrogens is 2. The van der Waals surface area contributed by atoms with Crippen molar-refractivity contribution in [1.82, 2.24) is 20.2 Å². The molecule has 1 heterocycles. The highest BCUT2D eigenvalue weighted by atomic mass is 127. The second-order valence-electron chi connectivity index (χ2n) is 6.59. The molecule has 0 aliphatic heterocycles. The number of hydrogen-bond acceptors (Lipinski definition) is 3. The van der Waals surface area contributed by atoms with E-state index in [0.29, 0.717) is 31.2 Å². The van der Waals surface area contributed by atoms with Crippen LogP contribution in [0.2, 0.25) is 0 Å². The van der Waals surface area contributed by atoms with Crippen LogP contribution in [0.4, 0.5) is 8.78 Å². The SMILES string of the molecule is CCNC(=NCc1cccc(Cn2ccnc2)c1)NCc1ccccc1OC(F)F.I. The first-order valence-electron chi connectivity index (χ1n) is 9.72. The summed E-state index contributed by atoms with van der Waals surface area (Å²) in [4.78, 5) is 8.68. The zero-order valence-corrected chi connectivity index (χ0v) is 19.5. The van der Waals surface area contributed by atoms with Gasteiger partial charge in [0.2, 0.25) is 0 Å². The van der Waals surface area contributed by atoms with Gasteiger partial charge >= 0.3 is 6.61 Å². The molecule has 0 bridgehead atoms. The lowest BCUT2D eigenvalue weighted by Crippen LogP contribution is -2.36. The molecule has 9 heteroatoms. The second-order valence-corrected chi connectivity index (χ2v) is 6.59. The third kappa shape index (κ3) is 8.16. The Hall–Kier alpha value is -2.69. The van der Waals surface area contributed by atoms with Crippen molar-refractivity contribution in [3.8, 4) is 5.75 Å². The number of halogens is 3. The first kappa shape index (κ1) is 24.6. The Morgan fingerprint density at radius 1 is 1.13 bits per heavy atom. The zero-order chi connectivity index (χ0) is 21.2. The average Bonchev–Trinajstić information content (AvgIpc) is 3.24. The fourth-order valence-electron chi connectivity index (χ4n) is 2.97. The first-order valence-corrected chi connectivity index (χ1v) is 9.72. The minimum atomic E-state index is -2.86. The largest absolute Gasteiger partial charge is 0.434 e. The van der Waals surface area contributed by atoms with Gasteiger partial charge in [-0.05, 0) is 24.1 Å². The molecule has 6 nitrogen and oxygen atoms in total. The second kappa shape index (κ2) is 12.9. The van der Waals surface area contributed by atoms with Gasteiger partial charge in [0.1, 0.15) is 5.75 Å². The molecule has 3 aromatic rings. The van der Waals surface area contributed by atoms with Gasteiger partial charge in [-0.2, -0.15) is 8.78 Å². The quantitative estimate of drug-likeness (QED) is 0.240. The van der Waals surface area contributed by atoms with E-state index in [-0.39, 0.29) is 29.7 Å². The normalized spacial score (nSPS) is 11.2. The van der Waals surface area contributed by atoms with Crippen LogP contribution in [0.3, 0.4) is 0 Å². The Labute approximate surface area is 197 Å². The molecule has 0 fully saturated rings. The van der Waals surface area contributed by atoms with Crippen molar-refractivity contribution in [1.29, 1.82) is 0 Å². The molecule has 0 aliphatic rings. The Kier molecular flexibility index (Phi) is 10.2. The zero-order valence-electron chi connectivity index (χ0n) is 17.2. The highest BCUT2D eigenvalue weighted by molar-refractivity contribution is 14.0. The highest BCUT2D eigenvalue weighted by Crippen LogP contribution is 2.20. The average molecular weight is 541 g/mol. The fourth-order valence-corrected chi connectivity index (χ4v) is 2.97. The summed E-state index contributed by atoms with van der Waals surface area (Å²) in [6, 6.07) is 14.9. The molecule has 0 saturated carbocycles. The van der Waals surface area contributed by atoms with Crippen LogP contribution in [-0.4, -0.2) is 28.7 Å². The van der Waals surface area contributed by atoms with Crippen LogP contribution in [-0.2, 0) is 19.6 Å². The lowest BCUT2D eigenvalue weighted by Gasteiger charge is -2.14. The molecular formula is C22H26F2IN5O. The van der Waals surface area contributed by atoms with Gasteiger partial charge in [-0.3, -0.25) is 0 Å². The predicted molar refractivity (Wildman–Crippen MR) is 128 cm³/mol. The molecule has 0 amide bonds. The van der Waals surface area contributed by atoms with Gasteiger partial charge in [-0.25, -0.2) is 9.98 Å². The van der Waals surface area contributed by atoms with Crippen LogP contribution in [0.25, 0.3) is 0 Å². The summed E-state index contributed by atoms with van der Waals surface area (Å²) in [6.45, 7) is 1.34. The van der Waals surface area contributed by atoms with Crippen molar-refractivity contribution in [3.05, 3.63) is 83.9 Å². The third-order valence-corrected chi connectivity index (χ3v) is 4.31. The van der Waals surface area contributed by atoms with Crippen LogP contribution < -0.4 is 15.4 Å². The number of aliphatic imine (C=N–C) groups is 1. The van der Waals surface area contributed by atoms with Crippen LogP contribution in [0, 0.1) is 0 Å². The van der Waals surface area contributed by atoms with E-state index in [1.165, 1.54) is 6.07 Å². The molecule has 0 spiro atoms. The maximum absolute atomic E-state index is 12.6. The van der Waals surface area contributed by atoms with Crippen molar-refractivity contribution in [3.63, 3.8) is 0 Å². The maximum atomic E-state index is 12.6. The van der Waals surface area contributed by atoms with Crippen molar-refractivity contribution in [2.24, 2.45) is 4.99 Å². The molecule has 2 N–H and O–H groups in total. The van der Waals surface area contributed by atoms with Crippen molar-refractivity contribution in [2.45, 2.75) is 33.2 Å².